The maximum absolute atomic E-state index is 11.6. The van der Waals surface area contributed by atoms with Crippen LogP contribution in [-0.4, -0.2) is 38.8 Å². The molecule has 17 heavy (non-hydrogen) atoms. The Bertz CT molecular complexity index is 217. The molecule has 0 heterocycles. The van der Waals surface area contributed by atoms with Gasteiger partial charge < -0.3 is 15.4 Å². The molecule has 102 valence electrons. The van der Waals surface area contributed by atoms with Gasteiger partial charge in [0.2, 0.25) is 5.91 Å². The fourth-order valence-corrected chi connectivity index (χ4v) is 1.39. The van der Waals surface area contributed by atoms with Crippen molar-refractivity contribution < 1.29 is 9.53 Å². The van der Waals surface area contributed by atoms with Crippen molar-refractivity contribution >= 4 is 5.91 Å². The quantitative estimate of drug-likeness (QED) is 0.647. The van der Waals surface area contributed by atoms with Crippen molar-refractivity contribution in [2.24, 2.45) is 5.41 Å². The van der Waals surface area contributed by atoms with Gasteiger partial charge in [-0.2, -0.15) is 0 Å². The summed E-state index contributed by atoms with van der Waals surface area (Å²) in [6.45, 7) is 10.6. The summed E-state index contributed by atoms with van der Waals surface area (Å²) in [5, 5.41) is 6.16. The van der Waals surface area contributed by atoms with Gasteiger partial charge in [-0.15, -0.1) is 0 Å². The first kappa shape index (κ1) is 16.4. The van der Waals surface area contributed by atoms with E-state index in [9.17, 15) is 4.79 Å². The maximum Gasteiger partial charge on any atom is 0.236 e. The highest BCUT2D eigenvalue weighted by Gasteiger charge is 2.20. The predicted molar refractivity (Wildman–Crippen MR) is 71.0 cm³/mol. The Hall–Kier alpha value is -0.610. The number of ether oxygens (including phenoxy) is 1. The molecular weight excluding hydrogens is 216 g/mol. The number of carbonyl (C=O) groups is 1. The van der Waals surface area contributed by atoms with E-state index in [2.05, 4.69) is 24.5 Å². The van der Waals surface area contributed by atoms with E-state index in [4.69, 9.17) is 4.74 Å². The Kier molecular flexibility index (Phi) is 8.17. The van der Waals surface area contributed by atoms with E-state index in [1.807, 2.05) is 13.8 Å². The Morgan fingerprint density at radius 1 is 1.41 bits per heavy atom. The van der Waals surface area contributed by atoms with Crippen molar-refractivity contribution in [3.8, 4) is 0 Å². The topological polar surface area (TPSA) is 50.4 Å². The smallest absolute Gasteiger partial charge is 0.236 e. The molecule has 0 rings (SSSR count). The molecule has 1 atom stereocenters. The van der Waals surface area contributed by atoms with E-state index in [1.54, 1.807) is 7.11 Å². The molecule has 0 aromatic rings. The third kappa shape index (κ3) is 8.16. The van der Waals surface area contributed by atoms with Gasteiger partial charge in [0.25, 0.3) is 0 Å². The molecule has 4 nitrogen and oxygen atoms in total. The van der Waals surface area contributed by atoms with Crippen LogP contribution in [0.5, 0.6) is 0 Å². The number of amides is 1. The van der Waals surface area contributed by atoms with Gasteiger partial charge in [0, 0.05) is 26.8 Å². The van der Waals surface area contributed by atoms with Crippen LogP contribution >= 0.6 is 0 Å². The summed E-state index contributed by atoms with van der Waals surface area (Å²) >= 11 is 0. The zero-order valence-electron chi connectivity index (χ0n) is 11.9. The highest BCUT2D eigenvalue weighted by atomic mass is 16.5. The fraction of sp³-hybridized carbons (Fsp3) is 0.923. The van der Waals surface area contributed by atoms with E-state index >= 15 is 0 Å². The molecule has 1 unspecified atom stereocenters. The molecule has 0 aromatic carbocycles. The lowest BCUT2D eigenvalue weighted by Crippen LogP contribution is -2.45. The number of hydrogen-bond donors (Lipinski definition) is 2. The van der Waals surface area contributed by atoms with E-state index in [0.717, 1.165) is 32.5 Å². The minimum atomic E-state index is -0.136. The van der Waals surface area contributed by atoms with Crippen molar-refractivity contribution in [2.75, 3.05) is 26.8 Å². The minimum absolute atomic E-state index is 0.0781. The van der Waals surface area contributed by atoms with Gasteiger partial charge in [0.1, 0.15) is 0 Å². The van der Waals surface area contributed by atoms with Gasteiger partial charge in [-0.25, -0.2) is 0 Å². The second-order valence-electron chi connectivity index (χ2n) is 5.30. The third-order valence-electron chi connectivity index (χ3n) is 2.81. The number of nitrogens with one attached hydrogen (secondary N) is 2. The molecule has 0 saturated heterocycles. The second kappa shape index (κ2) is 8.48. The van der Waals surface area contributed by atoms with E-state index < -0.39 is 0 Å². The second-order valence-corrected chi connectivity index (χ2v) is 5.30. The molecule has 0 bridgehead atoms. The Labute approximate surface area is 105 Å². The van der Waals surface area contributed by atoms with E-state index in [-0.39, 0.29) is 17.4 Å². The van der Waals surface area contributed by atoms with Gasteiger partial charge in [-0.1, -0.05) is 20.8 Å². The van der Waals surface area contributed by atoms with Gasteiger partial charge >= 0.3 is 0 Å². The number of rotatable bonds is 9. The largest absolute Gasteiger partial charge is 0.385 e. The van der Waals surface area contributed by atoms with Crippen molar-refractivity contribution in [3.05, 3.63) is 0 Å². The first-order valence-electron chi connectivity index (χ1n) is 6.43. The summed E-state index contributed by atoms with van der Waals surface area (Å²) in [7, 11) is 1.71. The van der Waals surface area contributed by atoms with Crippen LogP contribution in [-0.2, 0) is 9.53 Å². The number of carbonyl (C=O) groups excluding carboxylic acids is 1. The summed E-state index contributed by atoms with van der Waals surface area (Å²) < 4.78 is 5.08. The molecular formula is C13H28N2O2. The van der Waals surface area contributed by atoms with E-state index in [0.29, 0.717) is 0 Å². The average Bonchev–Trinajstić information content (AvgIpc) is 2.30. The Morgan fingerprint density at radius 3 is 2.59 bits per heavy atom. The van der Waals surface area contributed by atoms with Gasteiger partial charge in [-0.3, -0.25) is 4.79 Å². The predicted octanol–water partition coefficient (Wildman–Crippen LogP) is 1.55. The van der Waals surface area contributed by atoms with Crippen molar-refractivity contribution in [1.29, 1.82) is 0 Å². The van der Waals surface area contributed by atoms with Crippen LogP contribution in [0.15, 0.2) is 0 Å². The summed E-state index contributed by atoms with van der Waals surface area (Å²) in [6, 6.07) is -0.136. The lowest BCUT2D eigenvalue weighted by molar-refractivity contribution is -0.122. The summed E-state index contributed by atoms with van der Waals surface area (Å²) in [5.74, 6) is 0.0781. The molecule has 4 heteroatoms. The lowest BCUT2D eigenvalue weighted by Gasteiger charge is -2.26. The Balaban J connectivity index is 3.88. The normalized spacial score (nSPS) is 13.5. The Morgan fingerprint density at radius 2 is 2.06 bits per heavy atom. The molecule has 0 spiro atoms. The molecule has 0 aliphatic carbocycles. The zero-order chi connectivity index (χ0) is 13.3. The molecule has 0 saturated carbocycles. The van der Waals surface area contributed by atoms with Gasteiger partial charge in [0.05, 0.1) is 6.04 Å². The minimum Gasteiger partial charge on any atom is -0.385 e. The number of hydrogen-bond acceptors (Lipinski definition) is 3. The lowest BCUT2D eigenvalue weighted by atomic mass is 9.89. The van der Waals surface area contributed by atoms with Gasteiger partial charge in [-0.05, 0) is 25.2 Å². The molecule has 0 aromatic heterocycles. The first-order chi connectivity index (χ1) is 7.93. The van der Waals surface area contributed by atoms with E-state index in [1.165, 1.54) is 0 Å². The molecule has 0 radical (unpaired) electrons. The monoisotopic (exact) mass is 244 g/mol. The molecule has 0 aliphatic rings. The van der Waals surface area contributed by atoms with Crippen LogP contribution in [0.3, 0.4) is 0 Å². The highest BCUT2D eigenvalue weighted by Crippen LogP contribution is 2.18. The average molecular weight is 244 g/mol. The third-order valence-corrected chi connectivity index (χ3v) is 2.81. The summed E-state index contributed by atoms with van der Waals surface area (Å²) in [4.78, 5) is 11.6. The van der Waals surface area contributed by atoms with Crippen LogP contribution < -0.4 is 10.6 Å². The van der Waals surface area contributed by atoms with Crippen LogP contribution in [0.1, 0.15) is 40.5 Å². The van der Waals surface area contributed by atoms with Crippen LogP contribution in [0.4, 0.5) is 0 Å². The standard InChI is InChI=1S/C13H28N2O2/c1-6-8-14-12(16)11(2)15-10-13(3,4)7-9-17-5/h11,15H,6-10H2,1-5H3,(H,14,16). The van der Waals surface area contributed by atoms with Crippen molar-refractivity contribution in [3.63, 3.8) is 0 Å². The SMILES string of the molecule is CCCNC(=O)C(C)NCC(C)(C)CCOC. The van der Waals surface area contributed by atoms with Gasteiger partial charge in [0.15, 0.2) is 0 Å². The van der Waals surface area contributed by atoms with Crippen molar-refractivity contribution in [2.45, 2.75) is 46.6 Å². The fourth-order valence-electron chi connectivity index (χ4n) is 1.39. The first-order valence-corrected chi connectivity index (χ1v) is 6.43. The van der Waals surface area contributed by atoms with Crippen LogP contribution in [0, 0.1) is 5.41 Å². The molecule has 0 fully saturated rings. The summed E-state index contributed by atoms with van der Waals surface area (Å²) in [6.07, 6.45) is 1.96. The zero-order valence-corrected chi connectivity index (χ0v) is 11.9. The highest BCUT2D eigenvalue weighted by molar-refractivity contribution is 5.81. The molecule has 2 N–H and O–H groups in total. The summed E-state index contributed by atoms with van der Waals surface area (Å²) in [5.41, 5.74) is 0.148. The molecule has 0 aliphatic heterocycles. The van der Waals surface area contributed by atoms with Crippen LogP contribution in [0.25, 0.3) is 0 Å². The van der Waals surface area contributed by atoms with Crippen LogP contribution in [0.2, 0.25) is 0 Å². The molecule has 1 amide bonds. The van der Waals surface area contributed by atoms with Crippen molar-refractivity contribution in [1.82, 2.24) is 10.6 Å². The number of methoxy groups -OCH3 is 1. The maximum atomic E-state index is 11.6.